The number of rotatable bonds is 9. The number of benzene rings is 2. The molecule has 7 heteroatoms. The van der Waals surface area contributed by atoms with Crippen molar-refractivity contribution in [3.05, 3.63) is 76.8 Å². The van der Waals surface area contributed by atoms with Gasteiger partial charge in [0.1, 0.15) is 11.5 Å². The number of methoxy groups -OCH3 is 1. The Morgan fingerprint density at radius 2 is 1.89 bits per heavy atom. The molecule has 0 aliphatic rings. The Hall–Kier alpha value is -2.12. The zero-order chi connectivity index (χ0) is 19.9. The number of hydrogen-bond acceptors (Lipinski definition) is 4. The summed E-state index contributed by atoms with van der Waals surface area (Å²) in [5, 5.41) is 0. The normalized spacial score (nSPS) is 11.0. The van der Waals surface area contributed by atoms with Crippen LogP contribution < -0.4 is 4.74 Å². The summed E-state index contributed by atoms with van der Waals surface area (Å²) in [6, 6.07) is 14.3. The van der Waals surface area contributed by atoms with Crippen LogP contribution in [0.4, 0.5) is 0 Å². The van der Waals surface area contributed by atoms with E-state index in [-0.39, 0.29) is 12.3 Å². The molecule has 0 aliphatic carbocycles. The van der Waals surface area contributed by atoms with Gasteiger partial charge in [-0.2, -0.15) is 0 Å². The average molecular weight is 452 g/mol. The molecule has 0 atom stereocenters. The number of hydrogen-bond donors (Lipinski definition) is 0. The fraction of sp³-hybridized carbons (Fsp3) is 0.250. The first-order valence-electron chi connectivity index (χ1n) is 8.29. The lowest BCUT2D eigenvalue weighted by molar-refractivity contribution is -0.128. The lowest BCUT2D eigenvalue weighted by atomic mass is 10.2. The van der Waals surface area contributed by atoms with Crippen LogP contribution in [0.25, 0.3) is 0 Å². The maximum absolute atomic E-state index is 12.6. The van der Waals surface area contributed by atoms with Gasteiger partial charge in [-0.25, -0.2) is 8.42 Å². The minimum atomic E-state index is -3.58. The highest BCUT2D eigenvalue weighted by Crippen LogP contribution is 2.16. The Balaban J connectivity index is 2.07. The standard InChI is InChI=1S/C20H22BrNO4S/c1-3-11-22(13-16-7-9-19(26-2)10-8-16)20(23)15-27(24,25)14-17-5-4-6-18(21)12-17/h3-10,12H,1,11,13-15H2,2H3. The van der Waals surface area contributed by atoms with E-state index < -0.39 is 21.5 Å². The molecule has 144 valence electrons. The Labute approximate surface area is 168 Å². The van der Waals surface area contributed by atoms with Gasteiger partial charge in [0, 0.05) is 17.6 Å². The Kier molecular flexibility index (Phi) is 7.62. The maximum Gasteiger partial charge on any atom is 0.238 e. The maximum atomic E-state index is 12.6. The molecular formula is C20H22BrNO4S. The van der Waals surface area contributed by atoms with Crippen LogP contribution in [0.5, 0.6) is 5.75 Å². The lowest BCUT2D eigenvalue weighted by Gasteiger charge is -2.21. The molecular weight excluding hydrogens is 430 g/mol. The van der Waals surface area contributed by atoms with Gasteiger partial charge in [-0.05, 0) is 35.4 Å². The first kappa shape index (κ1) is 21.2. The van der Waals surface area contributed by atoms with Gasteiger partial charge in [-0.1, -0.05) is 46.3 Å². The molecule has 2 aromatic carbocycles. The molecule has 5 nitrogen and oxygen atoms in total. The highest BCUT2D eigenvalue weighted by Gasteiger charge is 2.22. The first-order chi connectivity index (χ1) is 12.8. The fourth-order valence-electron chi connectivity index (χ4n) is 2.57. The largest absolute Gasteiger partial charge is 0.497 e. The molecule has 0 unspecified atom stereocenters. The van der Waals surface area contributed by atoms with Gasteiger partial charge in [-0.15, -0.1) is 6.58 Å². The molecule has 0 radical (unpaired) electrons. The summed E-state index contributed by atoms with van der Waals surface area (Å²) in [5.41, 5.74) is 1.53. The molecule has 2 aromatic rings. The van der Waals surface area contributed by atoms with Crippen LogP contribution >= 0.6 is 15.9 Å². The van der Waals surface area contributed by atoms with E-state index in [4.69, 9.17) is 4.74 Å². The SMILES string of the molecule is C=CCN(Cc1ccc(OC)cc1)C(=O)CS(=O)(=O)Cc1cccc(Br)c1. The molecule has 0 spiro atoms. The van der Waals surface area contributed by atoms with Crippen molar-refractivity contribution in [1.82, 2.24) is 4.90 Å². The van der Waals surface area contributed by atoms with Crippen molar-refractivity contribution in [3.63, 3.8) is 0 Å². The van der Waals surface area contributed by atoms with Gasteiger partial charge in [0.25, 0.3) is 0 Å². The van der Waals surface area contributed by atoms with E-state index in [1.807, 2.05) is 18.2 Å². The molecule has 0 bridgehead atoms. The van der Waals surface area contributed by atoms with Crippen LogP contribution in [0, 0.1) is 0 Å². The minimum absolute atomic E-state index is 0.178. The number of ether oxygens (including phenoxy) is 1. The smallest absolute Gasteiger partial charge is 0.238 e. The molecule has 0 aromatic heterocycles. The van der Waals surface area contributed by atoms with E-state index in [0.29, 0.717) is 12.1 Å². The third-order valence-electron chi connectivity index (χ3n) is 3.85. The number of carbonyl (C=O) groups excluding carboxylic acids is 1. The van der Waals surface area contributed by atoms with E-state index >= 15 is 0 Å². The highest BCUT2D eigenvalue weighted by atomic mass is 79.9. The zero-order valence-corrected chi connectivity index (χ0v) is 17.5. The van der Waals surface area contributed by atoms with Crippen LogP contribution in [0.15, 0.2) is 65.7 Å². The average Bonchev–Trinajstić information content (AvgIpc) is 2.61. The van der Waals surface area contributed by atoms with Gasteiger partial charge in [0.2, 0.25) is 5.91 Å². The van der Waals surface area contributed by atoms with Crippen LogP contribution in [0.2, 0.25) is 0 Å². The van der Waals surface area contributed by atoms with Crippen molar-refractivity contribution in [2.24, 2.45) is 0 Å². The molecule has 2 rings (SSSR count). The molecule has 27 heavy (non-hydrogen) atoms. The quantitative estimate of drug-likeness (QED) is 0.546. The van der Waals surface area contributed by atoms with Crippen molar-refractivity contribution in [2.75, 3.05) is 19.4 Å². The summed E-state index contributed by atoms with van der Waals surface area (Å²) < 4.78 is 30.8. The topological polar surface area (TPSA) is 63.7 Å². The molecule has 0 saturated heterocycles. The number of halogens is 1. The third kappa shape index (κ3) is 6.84. The van der Waals surface area contributed by atoms with Gasteiger partial charge in [0.05, 0.1) is 12.9 Å². The predicted molar refractivity (Wildman–Crippen MR) is 110 cm³/mol. The van der Waals surface area contributed by atoms with Crippen molar-refractivity contribution < 1.29 is 17.9 Å². The van der Waals surface area contributed by atoms with E-state index in [1.165, 1.54) is 4.90 Å². The van der Waals surface area contributed by atoms with Gasteiger partial charge >= 0.3 is 0 Å². The Bertz CT molecular complexity index is 894. The van der Waals surface area contributed by atoms with Gasteiger partial charge in [-0.3, -0.25) is 4.79 Å². The van der Waals surface area contributed by atoms with Crippen molar-refractivity contribution in [3.8, 4) is 5.75 Å². The van der Waals surface area contributed by atoms with Crippen LogP contribution in [-0.4, -0.2) is 38.6 Å². The fourth-order valence-corrected chi connectivity index (χ4v) is 4.37. The summed E-state index contributed by atoms with van der Waals surface area (Å²) in [7, 11) is -2.00. The molecule has 0 aliphatic heterocycles. The number of amides is 1. The molecule has 0 heterocycles. The Morgan fingerprint density at radius 1 is 1.19 bits per heavy atom. The second kappa shape index (κ2) is 9.71. The summed E-state index contributed by atoms with van der Waals surface area (Å²) in [4.78, 5) is 14.1. The molecule has 1 amide bonds. The van der Waals surface area contributed by atoms with Gasteiger partial charge < -0.3 is 9.64 Å². The van der Waals surface area contributed by atoms with E-state index in [9.17, 15) is 13.2 Å². The van der Waals surface area contributed by atoms with Crippen molar-refractivity contribution >= 4 is 31.7 Å². The lowest BCUT2D eigenvalue weighted by Crippen LogP contribution is -2.35. The van der Waals surface area contributed by atoms with Gasteiger partial charge in [0.15, 0.2) is 9.84 Å². The summed E-state index contributed by atoms with van der Waals surface area (Å²) in [5.74, 6) is -0.441. The number of carbonyl (C=O) groups is 1. The highest BCUT2D eigenvalue weighted by molar-refractivity contribution is 9.10. The molecule has 0 fully saturated rings. The second-order valence-corrected chi connectivity index (χ2v) is 9.05. The van der Waals surface area contributed by atoms with Crippen LogP contribution in [-0.2, 0) is 26.9 Å². The van der Waals surface area contributed by atoms with Crippen LogP contribution in [0.3, 0.4) is 0 Å². The van der Waals surface area contributed by atoms with E-state index in [2.05, 4.69) is 22.5 Å². The summed E-state index contributed by atoms with van der Waals surface area (Å²) in [6.45, 7) is 4.24. The zero-order valence-electron chi connectivity index (χ0n) is 15.1. The predicted octanol–water partition coefficient (Wildman–Crippen LogP) is 3.59. The first-order valence-corrected chi connectivity index (χ1v) is 10.9. The third-order valence-corrected chi connectivity index (χ3v) is 5.81. The van der Waals surface area contributed by atoms with E-state index in [0.717, 1.165) is 15.8 Å². The monoisotopic (exact) mass is 451 g/mol. The Morgan fingerprint density at radius 3 is 2.48 bits per heavy atom. The van der Waals surface area contributed by atoms with Crippen molar-refractivity contribution in [2.45, 2.75) is 12.3 Å². The second-order valence-electron chi connectivity index (χ2n) is 6.07. The summed E-state index contributed by atoms with van der Waals surface area (Å²) in [6.07, 6.45) is 1.59. The molecule has 0 N–H and O–H groups in total. The molecule has 0 saturated carbocycles. The summed E-state index contributed by atoms with van der Waals surface area (Å²) >= 11 is 3.32. The number of nitrogens with zero attached hydrogens (tertiary/aromatic N) is 1. The van der Waals surface area contributed by atoms with E-state index in [1.54, 1.807) is 43.5 Å². The van der Waals surface area contributed by atoms with Crippen molar-refractivity contribution in [1.29, 1.82) is 0 Å². The number of sulfone groups is 1. The minimum Gasteiger partial charge on any atom is -0.497 e. The van der Waals surface area contributed by atoms with Crippen LogP contribution in [0.1, 0.15) is 11.1 Å².